The minimum Gasteiger partial charge on any atom is -0.0991 e. The van der Waals surface area contributed by atoms with Crippen LogP contribution in [0.15, 0.2) is 35.9 Å². The second-order valence-corrected chi connectivity index (χ2v) is 2.07. The van der Waals surface area contributed by atoms with Gasteiger partial charge in [-0.25, -0.2) is 0 Å². The van der Waals surface area contributed by atoms with Crippen molar-refractivity contribution < 1.29 is 0 Å². The van der Waals surface area contributed by atoms with Crippen LogP contribution in [0.2, 0.25) is 0 Å². The topological polar surface area (TPSA) is 0 Å². The van der Waals surface area contributed by atoms with Crippen LogP contribution >= 0.6 is 11.6 Å². The molecule has 0 heterocycles. The van der Waals surface area contributed by atoms with Crippen LogP contribution in [-0.2, 0) is 0 Å². The smallest absolute Gasteiger partial charge is 0.0178 e. The maximum Gasteiger partial charge on any atom is 0.0178 e. The van der Waals surface area contributed by atoms with Crippen molar-refractivity contribution >= 4 is 11.6 Å². The van der Waals surface area contributed by atoms with E-state index in [0.717, 1.165) is 11.5 Å². The van der Waals surface area contributed by atoms with E-state index in [1.54, 1.807) is 6.08 Å². The van der Waals surface area contributed by atoms with E-state index in [2.05, 4.69) is 6.58 Å². The molecule has 0 N–H and O–H groups in total. The number of allylic oxidation sites excluding steroid dienone is 5. The molecule has 0 aromatic heterocycles. The van der Waals surface area contributed by atoms with Gasteiger partial charge in [0.15, 0.2) is 0 Å². The zero-order chi connectivity index (χ0) is 7.11. The summed E-state index contributed by atoms with van der Waals surface area (Å²) in [6.07, 6.45) is 8.19. The van der Waals surface area contributed by atoms with E-state index in [1.165, 1.54) is 0 Å². The molecule has 0 radical (unpaired) electrons. The summed E-state index contributed by atoms with van der Waals surface area (Å²) in [5.41, 5.74) is 0. The Hall–Kier alpha value is -0.490. The maximum atomic E-state index is 5.68. The van der Waals surface area contributed by atoms with Crippen LogP contribution in [0.1, 0.15) is 13.3 Å². The molecule has 0 saturated carbocycles. The molecule has 0 amide bonds. The number of halogens is 1. The predicted octanol–water partition coefficient (Wildman–Crippen LogP) is 3.26. The Bertz CT molecular complexity index is 132. The van der Waals surface area contributed by atoms with Crippen molar-refractivity contribution in [2.24, 2.45) is 0 Å². The lowest BCUT2D eigenvalue weighted by molar-refractivity contribution is 1.19. The van der Waals surface area contributed by atoms with Crippen molar-refractivity contribution in [3.05, 3.63) is 35.9 Å². The van der Waals surface area contributed by atoms with Gasteiger partial charge in [0.1, 0.15) is 0 Å². The molecule has 0 nitrogen and oxygen atoms in total. The van der Waals surface area contributed by atoms with Gasteiger partial charge in [-0.3, -0.25) is 0 Å². The van der Waals surface area contributed by atoms with Gasteiger partial charge in [-0.2, -0.15) is 0 Å². The molecule has 0 bridgehead atoms. The summed E-state index contributed by atoms with van der Waals surface area (Å²) < 4.78 is 0. The molecule has 0 aliphatic carbocycles. The highest BCUT2D eigenvalue weighted by Crippen LogP contribution is 2.04. The standard InChI is InChI=1S/C8H11Cl/c1-3-5-6-7-8(9)4-2/h3,5-7H,1,4H2,2H3/b6-5-,8-7+. The van der Waals surface area contributed by atoms with Gasteiger partial charge in [0.2, 0.25) is 0 Å². The molecule has 0 atom stereocenters. The predicted molar refractivity (Wildman–Crippen MR) is 43.6 cm³/mol. The van der Waals surface area contributed by atoms with Gasteiger partial charge in [0.05, 0.1) is 0 Å². The summed E-state index contributed by atoms with van der Waals surface area (Å²) in [6, 6.07) is 0. The Morgan fingerprint density at radius 1 is 1.56 bits per heavy atom. The fourth-order valence-electron chi connectivity index (χ4n) is 0.356. The van der Waals surface area contributed by atoms with E-state index in [0.29, 0.717) is 0 Å². The van der Waals surface area contributed by atoms with Crippen molar-refractivity contribution in [3.8, 4) is 0 Å². The van der Waals surface area contributed by atoms with Crippen molar-refractivity contribution in [1.29, 1.82) is 0 Å². The summed E-state index contributed by atoms with van der Waals surface area (Å²) in [7, 11) is 0. The lowest BCUT2D eigenvalue weighted by Gasteiger charge is -1.84. The number of hydrogen-bond acceptors (Lipinski definition) is 0. The van der Waals surface area contributed by atoms with E-state index in [-0.39, 0.29) is 0 Å². The van der Waals surface area contributed by atoms with Crippen LogP contribution in [0.4, 0.5) is 0 Å². The Kier molecular flexibility index (Phi) is 5.34. The first-order valence-electron chi connectivity index (χ1n) is 2.95. The fraction of sp³-hybridized carbons (Fsp3) is 0.250. The lowest BCUT2D eigenvalue weighted by Crippen LogP contribution is -1.61. The summed E-state index contributed by atoms with van der Waals surface area (Å²) >= 11 is 5.68. The van der Waals surface area contributed by atoms with E-state index >= 15 is 0 Å². The molecule has 0 spiro atoms. The number of rotatable bonds is 3. The molecular weight excluding hydrogens is 132 g/mol. The van der Waals surface area contributed by atoms with Crippen LogP contribution in [0, 0.1) is 0 Å². The van der Waals surface area contributed by atoms with E-state index in [4.69, 9.17) is 11.6 Å². The van der Waals surface area contributed by atoms with Crippen LogP contribution in [0.3, 0.4) is 0 Å². The Labute approximate surface area is 61.5 Å². The third kappa shape index (κ3) is 5.38. The van der Waals surface area contributed by atoms with E-state index < -0.39 is 0 Å². The Morgan fingerprint density at radius 3 is 2.67 bits per heavy atom. The molecule has 0 aliphatic heterocycles. The maximum absolute atomic E-state index is 5.68. The summed E-state index contributed by atoms with van der Waals surface area (Å²) in [4.78, 5) is 0. The highest BCUT2D eigenvalue weighted by atomic mass is 35.5. The van der Waals surface area contributed by atoms with Gasteiger partial charge in [0.25, 0.3) is 0 Å². The lowest BCUT2D eigenvalue weighted by atomic mass is 10.4. The largest absolute Gasteiger partial charge is 0.0991 e. The summed E-state index contributed by atoms with van der Waals surface area (Å²) in [6.45, 7) is 5.54. The Morgan fingerprint density at radius 2 is 2.22 bits per heavy atom. The van der Waals surface area contributed by atoms with Gasteiger partial charge in [-0.05, 0) is 12.5 Å². The minimum atomic E-state index is 0.869. The first-order chi connectivity index (χ1) is 4.31. The van der Waals surface area contributed by atoms with Crippen LogP contribution in [0.5, 0.6) is 0 Å². The average molecular weight is 143 g/mol. The van der Waals surface area contributed by atoms with Crippen molar-refractivity contribution in [3.63, 3.8) is 0 Å². The van der Waals surface area contributed by atoms with Crippen LogP contribution < -0.4 is 0 Å². The van der Waals surface area contributed by atoms with Gasteiger partial charge < -0.3 is 0 Å². The molecule has 0 aliphatic rings. The fourth-order valence-corrected chi connectivity index (χ4v) is 0.429. The molecule has 0 fully saturated rings. The minimum absolute atomic E-state index is 0.869. The molecule has 0 saturated heterocycles. The van der Waals surface area contributed by atoms with Crippen LogP contribution in [0.25, 0.3) is 0 Å². The monoisotopic (exact) mass is 142 g/mol. The average Bonchev–Trinajstić information content (AvgIpc) is 1.89. The molecule has 1 heteroatoms. The normalized spacial score (nSPS) is 12.4. The van der Waals surface area contributed by atoms with Gasteiger partial charge in [-0.15, -0.1) is 0 Å². The molecule has 0 aromatic carbocycles. The molecule has 50 valence electrons. The molecule has 0 rings (SSSR count). The third-order valence-electron chi connectivity index (χ3n) is 0.862. The molecule has 9 heavy (non-hydrogen) atoms. The molecule has 0 aromatic rings. The van der Waals surface area contributed by atoms with Gasteiger partial charge >= 0.3 is 0 Å². The second kappa shape index (κ2) is 5.64. The summed E-state index contributed by atoms with van der Waals surface area (Å²) in [5.74, 6) is 0. The number of hydrogen-bond donors (Lipinski definition) is 0. The van der Waals surface area contributed by atoms with Crippen molar-refractivity contribution in [2.75, 3.05) is 0 Å². The van der Waals surface area contributed by atoms with Gasteiger partial charge in [0, 0.05) is 5.03 Å². The van der Waals surface area contributed by atoms with E-state index in [1.807, 2.05) is 25.2 Å². The molecule has 0 unspecified atom stereocenters. The highest BCUT2D eigenvalue weighted by Gasteiger charge is 1.79. The van der Waals surface area contributed by atoms with Crippen molar-refractivity contribution in [1.82, 2.24) is 0 Å². The summed E-state index contributed by atoms with van der Waals surface area (Å²) in [5, 5.41) is 0.869. The van der Waals surface area contributed by atoms with Crippen LogP contribution in [-0.4, -0.2) is 0 Å². The SMILES string of the molecule is C=C/C=C\C=C(\Cl)CC. The molecular formula is C8H11Cl. The van der Waals surface area contributed by atoms with E-state index in [9.17, 15) is 0 Å². The zero-order valence-electron chi connectivity index (χ0n) is 5.60. The zero-order valence-corrected chi connectivity index (χ0v) is 6.36. The van der Waals surface area contributed by atoms with Crippen molar-refractivity contribution in [2.45, 2.75) is 13.3 Å². The Balaban J connectivity index is 3.67. The first kappa shape index (κ1) is 8.51. The van der Waals surface area contributed by atoms with Gasteiger partial charge in [-0.1, -0.05) is 43.3 Å². The third-order valence-corrected chi connectivity index (χ3v) is 1.26. The second-order valence-electron chi connectivity index (χ2n) is 1.59. The first-order valence-corrected chi connectivity index (χ1v) is 3.32. The quantitative estimate of drug-likeness (QED) is 0.531. The highest BCUT2D eigenvalue weighted by molar-refractivity contribution is 6.29.